The first-order valence-corrected chi connectivity index (χ1v) is 7.65. The van der Waals surface area contributed by atoms with Crippen LogP contribution in [0.1, 0.15) is 16.7 Å². The van der Waals surface area contributed by atoms with Crippen LogP contribution < -0.4 is 10.1 Å². The fourth-order valence-corrected chi connectivity index (χ4v) is 2.95. The Balaban J connectivity index is 1.92. The van der Waals surface area contributed by atoms with Gasteiger partial charge in [0.05, 0.1) is 0 Å². The highest BCUT2D eigenvalue weighted by atomic mass is 79.9. The molecule has 0 unspecified atom stereocenters. The first-order valence-electron chi connectivity index (χ1n) is 6.04. The van der Waals surface area contributed by atoms with Crippen molar-refractivity contribution in [2.75, 3.05) is 6.54 Å². The van der Waals surface area contributed by atoms with Crippen molar-refractivity contribution in [1.29, 1.82) is 0 Å². The van der Waals surface area contributed by atoms with Gasteiger partial charge in [0.2, 0.25) is 0 Å². The minimum absolute atomic E-state index is 0.302. The molecule has 102 valence electrons. The molecule has 1 aromatic heterocycles. The topological polar surface area (TPSA) is 21.3 Å². The second-order valence-electron chi connectivity index (χ2n) is 4.04. The molecule has 0 amide bonds. The Hall–Kier alpha value is -0.910. The van der Waals surface area contributed by atoms with E-state index >= 15 is 0 Å². The average Bonchev–Trinajstić information content (AvgIpc) is 2.81. The Morgan fingerprint density at radius 2 is 2.05 bits per heavy atom. The largest absolute Gasteiger partial charge is 0.488 e. The van der Waals surface area contributed by atoms with E-state index in [0.29, 0.717) is 16.8 Å². The van der Waals surface area contributed by atoms with Crippen molar-refractivity contribution in [2.45, 2.75) is 20.1 Å². The Morgan fingerprint density at radius 1 is 1.26 bits per heavy atom. The van der Waals surface area contributed by atoms with Gasteiger partial charge >= 0.3 is 0 Å². The molecule has 1 N–H and O–H groups in total. The highest BCUT2D eigenvalue weighted by molar-refractivity contribution is 9.10. The molecule has 0 fully saturated rings. The minimum Gasteiger partial charge on any atom is -0.488 e. The zero-order chi connectivity index (χ0) is 13.7. The monoisotopic (exact) mass is 343 g/mol. The molecule has 2 rings (SSSR count). The Kier molecular flexibility index (Phi) is 5.36. The summed E-state index contributed by atoms with van der Waals surface area (Å²) >= 11 is 4.95. The molecule has 0 saturated heterocycles. The molecule has 0 saturated carbocycles. The molecule has 5 heteroatoms. The van der Waals surface area contributed by atoms with Crippen molar-refractivity contribution < 1.29 is 9.13 Å². The number of hydrogen-bond acceptors (Lipinski definition) is 3. The molecular weight excluding hydrogens is 329 g/mol. The normalized spacial score (nSPS) is 10.7. The summed E-state index contributed by atoms with van der Waals surface area (Å²) in [4.78, 5) is 2.41. The number of nitrogens with one attached hydrogen (secondary N) is 1. The van der Waals surface area contributed by atoms with Gasteiger partial charge in [0, 0.05) is 26.8 Å². The lowest BCUT2D eigenvalue weighted by Crippen LogP contribution is -2.10. The number of thiophene rings is 1. The molecule has 0 spiro atoms. The van der Waals surface area contributed by atoms with Gasteiger partial charge in [0.15, 0.2) is 0 Å². The van der Waals surface area contributed by atoms with Crippen LogP contribution >= 0.6 is 27.3 Å². The van der Waals surface area contributed by atoms with Crippen molar-refractivity contribution in [3.05, 3.63) is 50.4 Å². The number of benzene rings is 1. The standard InChI is InChI=1S/C14H15BrFNOS/c1-2-17-8-13-3-4-14(19-13)9-18-12-6-10(15)5-11(16)7-12/h3-7,17H,2,8-9H2,1H3. The number of hydrogen-bond donors (Lipinski definition) is 1. The lowest BCUT2D eigenvalue weighted by atomic mass is 10.3. The Labute approximate surface area is 124 Å². The molecule has 0 aliphatic heterocycles. The Morgan fingerprint density at radius 3 is 2.79 bits per heavy atom. The average molecular weight is 344 g/mol. The molecule has 0 radical (unpaired) electrons. The van der Waals surface area contributed by atoms with Crippen molar-refractivity contribution >= 4 is 27.3 Å². The SMILES string of the molecule is CCNCc1ccc(COc2cc(F)cc(Br)c2)s1. The zero-order valence-electron chi connectivity index (χ0n) is 10.6. The van der Waals surface area contributed by atoms with Crippen LogP contribution in [0.5, 0.6) is 5.75 Å². The maximum absolute atomic E-state index is 13.2. The quantitative estimate of drug-likeness (QED) is 0.842. The number of ether oxygens (including phenoxy) is 1. The summed E-state index contributed by atoms with van der Waals surface area (Å²) in [5, 5.41) is 3.28. The number of rotatable bonds is 6. The molecular formula is C14H15BrFNOS. The van der Waals surface area contributed by atoms with E-state index < -0.39 is 0 Å². The van der Waals surface area contributed by atoms with E-state index in [4.69, 9.17) is 4.74 Å². The lowest BCUT2D eigenvalue weighted by molar-refractivity contribution is 0.308. The summed E-state index contributed by atoms with van der Waals surface area (Å²) in [6.07, 6.45) is 0. The molecule has 0 aliphatic carbocycles. The smallest absolute Gasteiger partial charge is 0.128 e. The molecule has 1 aromatic carbocycles. The van der Waals surface area contributed by atoms with Crippen LogP contribution in [0.2, 0.25) is 0 Å². The minimum atomic E-state index is -0.302. The van der Waals surface area contributed by atoms with Gasteiger partial charge in [-0.25, -0.2) is 4.39 Å². The van der Waals surface area contributed by atoms with Gasteiger partial charge in [-0.05, 0) is 30.8 Å². The predicted octanol–water partition coefficient (Wildman–Crippen LogP) is 4.34. The highest BCUT2D eigenvalue weighted by Gasteiger charge is 2.03. The fourth-order valence-electron chi connectivity index (χ4n) is 1.61. The molecule has 0 aliphatic rings. The molecule has 2 aromatic rings. The third kappa shape index (κ3) is 4.60. The van der Waals surface area contributed by atoms with Gasteiger partial charge in [-0.2, -0.15) is 0 Å². The van der Waals surface area contributed by atoms with Crippen LogP contribution in [0.3, 0.4) is 0 Å². The van der Waals surface area contributed by atoms with Gasteiger partial charge in [-0.1, -0.05) is 22.9 Å². The van der Waals surface area contributed by atoms with Crippen LogP contribution in [0.25, 0.3) is 0 Å². The van der Waals surface area contributed by atoms with Crippen molar-refractivity contribution in [3.8, 4) is 5.75 Å². The van der Waals surface area contributed by atoms with E-state index in [2.05, 4.69) is 34.2 Å². The van der Waals surface area contributed by atoms with Gasteiger partial charge in [0.1, 0.15) is 18.2 Å². The summed E-state index contributed by atoms with van der Waals surface area (Å²) < 4.78 is 19.5. The van der Waals surface area contributed by atoms with Crippen LogP contribution in [0, 0.1) is 5.82 Å². The fraction of sp³-hybridized carbons (Fsp3) is 0.286. The zero-order valence-corrected chi connectivity index (χ0v) is 13.0. The van der Waals surface area contributed by atoms with Crippen molar-refractivity contribution in [2.24, 2.45) is 0 Å². The van der Waals surface area contributed by atoms with Crippen LogP contribution in [0.4, 0.5) is 4.39 Å². The first kappa shape index (κ1) is 14.5. The van der Waals surface area contributed by atoms with E-state index in [1.54, 1.807) is 17.4 Å². The van der Waals surface area contributed by atoms with Gasteiger partial charge in [-0.15, -0.1) is 11.3 Å². The Bertz CT molecular complexity index is 524. The van der Waals surface area contributed by atoms with E-state index in [9.17, 15) is 4.39 Å². The molecule has 1 heterocycles. The maximum Gasteiger partial charge on any atom is 0.128 e. The highest BCUT2D eigenvalue weighted by Crippen LogP contribution is 2.23. The maximum atomic E-state index is 13.2. The van der Waals surface area contributed by atoms with Gasteiger partial charge < -0.3 is 10.1 Å². The number of halogens is 2. The summed E-state index contributed by atoms with van der Waals surface area (Å²) in [7, 11) is 0. The van der Waals surface area contributed by atoms with Crippen molar-refractivity contribution in [1.82, 2.24) is 5.32 Å². The second kappa shape index (κ2) is 7.03. The molecule has 0 bridgehead atoms. The van der Waals surface area contributed by atoms with Crippen molar-refractivity contribution in [3.63, 3.8) is 0 Å². The lowest BCUT2D eigenvalue weighted by Gasteiger charge is -2.05. The van der Waals surface area contributed by atoms with E-state index in [-0.39, 0.29) is 5.82 Å². The second-order valence-corrected chi connectivity index (χ2v) is 6.21. The molecule has 0 atom stereocenters. The summed E-state index contributed by atoms with van der Waals surface area (Å²) in [5.41, 5.74) is 0. The third-order valence-electron chi connectivity index (χ3n) is 2.48. The summed E-state index contributed by atoms with van der Waals surface area (Å²) in [5.74, 6) is 0.233. The molecule has 19 heavy (non-hydrogen) atoms. The van der Waals surface area contributed by atoms with Gasteiger partial charge in [0.25, 0.3) is 0 Å². The van der Waals surface area contributed by atoms with Gasteiger partial charge in [-0.3, -0.25) is 0 Å². The summed E-state index contributed by atoms with van der Waals surface area (Å²) in [6.45, 7) is 4.39. The van der Waals surface area contributed by atoms with Crippen LogP contribution in [-0.2, 0) is 13.2 Å². The molecule has 2 nitrogen and oxygen atoms in total. The van der Waals surface area contributed by atoms with E-state index in [1.807, 2.05) is 6.07 Å². The first-order chi connectivity index (χ1) is 9.17. The van der Waals surface area contributed by atoms with Crippen LogP contribution in [0.15, 0.2) is 34.8 Å². The third-order valence-corrected chi connectivity index (χ3v) is 4.00. The predicted molar refractivity (Wildman–Crippen MR) is 80.1 cm³/mol. The summed E-state index contributed by atoms with van der Waals surface area (Å²) in [6, 6.07) is 8.69. The van der Waals surface area contributed by atoms with E-state index in [1.165, 1.54) is 17.0 Å². The van der Waals surface area contributed by atoms with Crippen LogP contribution in [-0.4, -0.2) is 6.54 Å². The van der Waals surface area contributed by atoms with E-state index in [0.717, 1.165) is 18.0 Å².